The van der Waals surface area contributed by atoms with Crippen LogP contribution in [0.4, 0.5) is 0 Å². The van der Waals surface area contributed by atoms with Crippen LogP contribution in [0.1, 0.15) is 11.7 Å². The van der Waals surface area contributed by atoms with Crippen molar-refractivity contribution < 1.29 is 14.6 Å². The number of aromatic nitrogens is 1. The van der Waals surface area contributed by atoms with Gasteiger partial charge in [0.1, 0.15) is 6.10 Å². The molecule has 0 spiro atoms. The average molecular weight is 233 g/mol. The van der Waals surface area contributed by atoms with E-state index in [1.54, 1.807) is 12.4 Å². The zero-order chi connectivity index (χ0) is 12.3. The summed E-state index contributed by atoms with van der Waals surface area (Å²) in [6.07, 6.45) is 1.97. The van der Waals surface area contributed by atoms with Crippen molar-refractivity contribution in [3.8, 4) is 0 Å². The van der Waals surface area contributed by atoms with E-state index in [0.29, 0.717) is 0 Å². The van der Waals surface area contributed by atoms with Gasteiger partial charge in [0.2, 0.25) is 0 Å². The predicted molar refractivity (Wildman–Crippen MR) is 64.5 cm³/mol. The second-order valence-electron chi connectivity index (χ2n) is 3.73. The standard InChI is InChI=1S/C13H15NO3/c1-16-13(17-2)12(15)11-5-3-4-9-8-14-7-6-10(9)11/h3-8,12-13,15H,1-2H3. The molecule has 2 aromatic rings. The van der Waals surface area contributed by atoms with Crippen LogP contribution in [0.15, 0.2) is 36.7 Å². The molecule has 0 saturated heterocycles. The van der Waals surface area contributed by atoms with Crippen molar-refractivity contribution in [1.29, 1.82) is 0 Å². The summed E-state index contributed by atoms with van der Waals surface area (Å²) in [7, 11) is 3.01. The Balaban J connectivity index is 2.47. The maximum absolute atomic E-state index is 10.2. The minimum absolute atomic E-state index is 0.672. The lowest BCUT2D eigenvalue weighted by Crippen LogP contribution is -2.22. The fraction of sp³-hybridized carbons (Fsp3) is 0.308. The van der Waals surface area contributed by atoms with Gasteiger partial charge in [-0.05, 0) is 17.0 Å². The van der Waals surface area contributed by atoms with Crippen LogP contribution in [0.2, 0.25) is 0 Å². The van der Waals surface area contributed by atoms with E-state index in [1.165, 1.54) is 14.2 Å². The number of aliphatic hydroxyl groups is 1. The monoisotopic (exact) mass is 233 g/mol. The van der Waals surface area contributed by atoms with Crippen LogP contribution in [0.25, 0.3) is 10.8 Å². The normalized spacial score (nSPS) is 13.2. The van der Waals surface area contributed by atoms with Gasteiger partial charge in [0.05, 0.1) is 0 Å². The molecule has 90 valence electrons. The van der Waals surface area contributed by atoms with Crippen LogP contribution in [-0.2, 0) is 9.47 Å². The molecule has 0 aliphatic carbocycles. The molecule has 0 fully saturated rings. The first-order chi connectivity index (χ1) is 8.27. The SMILES string of the molecule is COC(OC)C(O)c1cccc2cnccc12. The number of fused-ring (bicyclic) bond motifs is 1. The molecule has 0 saturated carbocycles. The lowest BCUT2D eigenvalue weighted by molar-refractivity contribution is -0.165. The number of methoxy groups -OCH3 is 2. The van der Waals surface area contributed by atoms with Crippen molar-refractivity contribution >= 4 is 10.8 Å². The minimum atomic E-state index is -0.823. The molecule has 1 aromatic heterocycles. The van der Waals surface area contributed by atoms with E-state index in [2.05, 4.69) is 4.98 Å². The van der Waals surface area contributed by atoms with E-state index in [0.717, 1.165) is 16.3 Å². The Bertz CT molecular complexity index is 491. The number of hydrogen-bond donors (Lipinski definition) is 1. The van der Waals surface area contributed by atoms with Gasteiger partial charge in [-0.3, -0.25) is 4.98 Å². The first-order valence-corrected chi connectivity index (χ1v) is 5.34. The maximum Gasteiger partial charge on any atom is 0.187 e. The Labute approximate surface area is 99.8 Å². The van der Waals surface area contributed by atoms with E-state index >= 15 is 0 Å². The van der Waals surface area contributed by atoms with E-state index in [-0.39, 0.29) is 0 Å². The van der Waals surface area contributed by atoms with E-state index in [1.807, 2.05) is 24.3 Å². The number of nitrogens with zero attached hydrogens (tertiary/aromatic N) is 1. The van der Waals surface area contributed by atoms with Crippen LogP contribution >= 0.6 is 0 Å². The summed E-state index contributed by atoms with van der Waals surface area (Å²) < 4.78 is 10.2. The Morgan fingerprint density at radius 3 is 2.65 bits per heavy atom. The first kappa shape index (κ1) is 12.0. The molecule has 0 amide bonds. The first-order valence-electron chi connectivity index (χ1n) is 5.34. The molecule has 0 bridgehead atoms. The van der Waals surface area contributed by atoms with Crippen molar-refractivity contribution in [2.45, 2.75) is 12.4 Å². The minimum Gasteiger partial charge on any atom is -0.383 e. The molecule has 0 aliphatic heterocycles. The largest absolute Gasteiger partial charge is 0.383 e. The Hall–Kier alpha value is -1.49. The molecular weight excluding hydrogens is 218 g/mol. The van der Waals surface area contributed by atoms with Gasteiger partial charge in [0.25, 0.3) is 0 Å². The molecule has 0 radical (unpaired) electrons. The van der Waals surface area contributed by atoms with Gasteiger partial charge < -0.3 is 14.6 Å². The van der Waals surface area contributed by atoms with Gasteiger partial charge in [0, 0.05) is 32.0 Å². The van der Waals surface area contributed by atoms with Gasteiger partial charge in [-0.15, -0.1) is 0 Å². The topological polar surface area (TPSA) is 51.6 Å². The lowest BCUT2D eigenvalue weighted by Gasteiger charge is -2.21. The Kier molecular flexibility index (Phi) is 3.68. The van der Waals surface area contributed by atoms with Crippen LogP contribution in [0.3, 0.4) is 0 Å². The second-order valence-corrected chi connectivity index (χ2v) is 3.73. The average Bonchev–Trinajstić information content (AvgIpc) is 2.39. The third-order valence-electron chi connectivity index (χ3n) is 2.76. The fourth-order valence-corrected chi connectivity index (χ4v) is 1.91. The summed E-state index contributed by atoms with van der Waals surface area (Å²) in [5.74, 6) is 0. The molecule has 1 unspecified atom stereocenters. The molecule has 2 rings (SSSR count). The lowest BCUT2D eigenvalue weighted by atomic mass is 10.0. The highest BCUT2D eigenvalue weighted by atomic mass is 16.7. The third-order valence-corrected chi connectivity index (χ3v) is 2.76. The molecule has 1 aromatic carbocycles. The van der Waals surface area contributed by atoms with Crippen molar-refractivity contribution in [3.63, 3.8) is 0 Å². The summed E-state index contributed by atoms with van der Waals surface area (Å²) in [6.45, 7) is 0. The van der Waals surface area contributed by atoms with Gasteiger partial charge >= 0.3 is 0 Å². The van der Waals surface area contributed by atoms with Gasteiger partial charge in [-0.1, -0.05) is 18.2 Å². The number of benzene rings is 1. The summed E-state index contributed by atoms with van der Waals surface area (Å²) in [5.41, 5.74) is 0.776. The number of aliphatic hydroxyl groups excluding tert-OH is 1. The van der Waals surface area contributed by atoms with Gasteiger partial charge in [-0.25, -0.2) is 0 Å². The molecular formula is C13H15NO3. The van der Waals surface area contributed by atoms with E-state index in [4.69, 9.17) is 9.47 Å². The van der Waals surface area contributed by atoms with Gasteiger partial charge in [0.15, 0.2) is 6.29 Å². The van der Waals surface area contributed by atoms with Crippen LogP contribution < -0.4 is 0 Å². The molecule has 1 atom stereocenters. The second kappa shape index (κ2) is 5.23. The maximum atomic E-state index is 10.2. The molecule has 1 N–H and O–H groups in total. The summed E-state index contributed by atoms with van der Waals surface area (Å²) in [4.78, 5) is 4.05. The number of rotatable bonds is 4. The Morgan fingerprint density at radius 1 is 1.18 bits per heavy atom. The zero-order valence-electron chi connectivity index (χ0n) is 9.83. The highest BCUT2D eigenvalue weighted by Gasteiger charge is 2.21. The Morgan fingerprint density at radius 2 is 1.94 bits per heavy atom. The molecule has 1 heterocycles. The van der Waals surface area contributed by atoms with Gasteiger partial charge in [-0.2, -0.15) is 0 Å². The van der Waals surface area contributed by atoms with Crippen LogP contribution in [-0.4, -0.2) is 30.6 Å². The summed E-state index contributed by atoms with van der Waals surface area (Å²) >= 11 is 0. The summed E-state index contributed by atoms with van der Waals surface area (Å²) in [6, 6.07) is 7.56. The number of hydrogen-bond acceptors (Lipinski definition) is 4. The number of ether oxygens (including phenoxy) is 2. The molecule has 0 aliphatic rings. The predicted octanol–water partition coefficient (Wildman–Crippen LogP) is 1.89. The van der Waals surface area contributed by atoms with Crippen molar-refractivity contribution in [2.75, 3.05) is 14.2 Å². The third kappa shape index (κ3) is 2.29. The van der Waals surface area contributed by atoms with Crippen molar-refractivity contribution in [2.24, 2.45) is 0 Å². The highest BCUT2D eigenvalue weighted by molar-refractivity contribution is 5.85. The quantitative estimate of drug-likeness (QED) is 0.819. The van der Waals surface area contributed by atoms with Crippen molar-refractivity contribution in [1.82, 2.24) is 4.98 Å². The van der Waals surface area contributed by atoms with Crippen LogP contribution in [0.5, 0.6) is 0 Å². The van der Waals surface area contributed by atoms with E-state index < -0.39 is 12.4 Å². The van der Waals surface area contributed by atoms with E-state index in [9.17, 15) is 5.11 Å². The summed E-state index contributed by atoms with van der Waals surface area (Å²) in [5, 5.41) is 12.1. The fourth-order valence-electron chi connectivity index (χ4n) is 1.91. The van der Waals surface area contributed by atoms with Crippen LogP contribution in [0, 0.1) is 0 Å². The number of pyridine rings is 1. The smallest absolute Gasteiger partial charge is 0.187 e. The molecule has 4 nitrogen and oxygen atoms in total. The highest BCUT2D eigenvalue weighted by Crippen LogP contribution is 2.26. The zero-order valence-corrected chi connectivity index (χ0v) is 9.83. The molecule has 4 heteroatoms. The van der Waals surface area contributed by atoms with Crippen molar-refractivity contribution in [3.05, 3.63) is 42.2 Å². The molecule has 17 heavy (non-hydrogen) atoms.